The first-order valence-corrected chi connectivity index (χ1v) is 19.6. The second-order valence-electron chi connectivity index (χ2n) is 16.3. The molecule has 56 heavy (non-hydrogen) atoms. The summed E-state index contributed by atoms with van der Waals surface area (Å²) in [6.45, 7) is 4.06. The van der Waals surface area contributed by atoms with E-state index in [1.807, 2.05) is 45.3 Å². The molecule has 5 aromatic rings. The first-order valence-electron chi connectivity index (χ1n) is 19.2. The van der Waals surface area contributed by atoms with Gasteiger partial charge in [-0.3, -0.25) is 19.3 Å². The van der Waals surface area contributed by atoms with Gasteiger partial charge in [-0.2, -0.15) is 9.50 Å². The highest BCUT2D eigenvalue weighted by molar-refractivity contribution is 6.33. The van der Waals surface area contributed by atoms with Crippen LogP contribution in [0.3, 0.4) is 0 Å². The lowest BCUT2D eigenvalue weighted by molar-refractivity contribution is -0.116. The largest absolute Gasteiger partial charge is 0.504 e. The molecule has 2 aromatic carbocycles. The molecular weight excluding hydrogens is 737 g/mol. The maximum absolute atomic E-state index is 16.0. The SMILES string of the molecule is Cc1ncnc(C(=O)N2CCC3(CC2)CC(C)c2c3c(=O)n3nc(-c4ccc(C5(N(C)C)CC5)cc4F)nc3n2CC(=O)Nc2ccc(C3CC3)cc2Cl)c1O. The number of aryl methyl sites for hydroxylation is 1. The van der Waals surface area contributed by atoms with E-state index >= 15 is 4.39 Å². The van der Waals surface area contributed by atoms with Gasteiger partial charge in [0.05, 0.1) is 22.0 Å². The van der Waals surface area contributed by atoms with E-state index in [-0.39, 0.29) is 58.1 Å². The van der Waals surface area contributed by atoms with Crippen molar-refractivity contribution < 1.29 is 19.1 Å². The maximum atomic E-state index is 16.0. The van der Waals surface area contributed by atoms with Crippen LogP contribution in [0, 0.1) is 12.7 Å². The minimum Gasteiger partial charge on any atom is -0.504 e. The van der Waals surface area contributed by atoms with Crippen molar-refractivity contribution in [3.63, 3.8) is 0 Å². The van der Waals surface area contributed by atoms with Crippen molar-refractivity contribution in [2.75, 3.05) is 32.5 Å². The van der Waals surface area contributed by atoms with E-state index in [0.717, 1.165) is 36.8 Å². The van der Waals surface area contributed by atoms with Gasteiger partial charge in [-0.1, -0.05) is 30.7 Å². The smallest absolute Gasteiger partial charge is 0.279 e. The van der Waals surface area contributed by atoms with Gasteiger partial charge in [0.25, 0.3) is 11.5 Å². The highest BCUT2D eigenvalue weighted by atomic mass is 35.5. The number of nitrogens with zero attached hydrogens (tertiary/aromatic N) is 8. The maximum Gasteiger partial charge on any atom is 0.279 e. The van der Waals surface area contributed by atoms with Crippen LogP contribution in [0.5, 0.6) is 5.75 Å². The van der Waals surface area contributed by atoms with Crippen LogP contribution in [0.25, 0.3) is 17.2 Å². The average molecular weight is 780 g/mol. The molecule has 1 atom stereocenters. The second kappa shape index (κ2) is 13.2. The standard InChI is InChI=1S/C41H43ClFN9O4/c1-22-19-40(13-15-50(16-14-40)38(56)33-35(54)23(2)44-21-45-33)32-34(22)51(20-31(53)46-30-10-7-25(17-28(30)42)24-5-6-24)39-47-36(48-52(39)37(32)55)27-9-8-26(18-29(27)43)41(11-12-41)49(3)4/h7-10,17-18,21-22,24,54H,5-6,11-16,19-20H2,1-4H3,(H,46,53). The van der Waals surface area contributed by atoms with Crippen molar-refractivity contribution in [3.05, 3.63) is 97.7 Å². The Hall–Kier alpha value is -5.21. The molecule has 290 valence electrons. The van der Waals surface area contributed by atoms with Crippen molar-refractivity contribution in [3.8, 4) is 17.1 Å². The fourth-order valence-electron chi connectivity index (χ4n) is 9.24. The number of aromatic hydroxyl groups is 1. The molecule has 1 unspecified atom stereocenters. The minimum atomic E-state index is -0.635. The minimum absolute atomic E-state index is 0.0412. The van der Waals surface area contributed by atoms with Crippen molar-refractivity contribution >= 4 is 34.9 Å². The van der Waals surface area contributed by atoms with Crippen LogP contribution in [0.1, 0.15) is 102 Å². The fourth-order valence-corrected chi connectivity index (χ4v) is 9.48. The van der Waals surface area contributed by atoms with Gasteiger partial charge in [-0.05, 0) is 113 Å². The molecule has 13 nitrogen and oxygen atoms in total. The Morgan fingerprint density at radius 1 is 1.07 bits per heavy atom. The van der Waals surface area contributed by atoms with Crippen LogP contribution in [0.2, 0.25) is 5.02 Å². The normalized spacial score (nSPS) is 19.5. The van der Waals surface area contributed by atoms with E-state index in [1.165, 1.54) is 16.9 Å². The van der Waals surface area contributed by atoms with Gasteiger partial charge in [0, 0.05) is 35.3 Å². The number of nitrogens with one attached hydrogen (secondary N) is 1. The summed E-state index contributed by atoms with van der Waals surface area (Å²) in [5, 5.41) is 18.6. The summed E-state index contributed by atoms with van der Waals surface area (Å²) >= 11 is 6.64. The molecule has 2 saturated carbocycles. The van der Waals surface area contributed by atoms with Gasteiger partial charge < -0.3 is 19.9 Å². The number of carbonyl (C=O) groups is 2. The number of aromatic nitrogens is 6. The number of anilines is 1. The Balaban J connectivity index is 1.10. The quantitative estimate of drug-likeness (QED) is 0.196. The molecule has 1 spiro atoms. The molecule has 1 saturated heterocycles. The van der Waals surface area contributed by atoms with Crippen molar-refractivity contribution in [2.24, 2.45) is 0 Å². The number of amides is 2. The van der Waals surface area contributed by atoms with Crippen molar-refractivity contribution in [2.45, 2.75) is 88.1 Å². The molecule has 3 fully saturated rings. The van der Waals surface area contributed by atoms with Gasteiger partial charge in [-0.15, -0.1) is 5.10 Å². The topological polar surface area (TPSA) is 151 Å². The third-order valence-electron chi connectivity index (χ3n) is 12.6. The molecule has 0 bridgehead atoms. The van der Waals surface area contributed by atoms with Crippen LogP contribution in [0.4, 0.5) is 10.1 Å². The monoisotopic (exact) mass is 779 g/mol. The molecule has 3 aliphatic carbocycles. The Kier molecular flexibility index (Phi) is 8.58. The first kappa shape index (κ1) is 36.4. The molecule has 3 aromatic heterocycles. The van der Waals surface area contributed by atoms with Crippen LogP contribution in [-0.4, -0.2) is 83.0 Å². The van der Waals surface area contributed by atoms with E-state index < -0.39 is 17.1 Å². The zero-order valence-electron chi connectivity index (χ0n) is 31.8. The lowest BCUT2D eigenvalue weighted by Gasteiger charge is -2.39. The predicted molar refractivity (Wildman–Crippen MR) is 208 cm³/mol. The average Bonchev–Trinajstić information content (AvgIpc) is 4.10. The van der Waals surface area contributed by atoms with E-state index in [2.05, 4.69) is 25.3 Å². The van der Waals surface area contributed by atoms with E-state index in [4.69, 9.17) is 16.6 Å². The summed E-state index contributed by atoms with van der Waals surface area (Å²) in [5.41, 5.74) is 2.90. The number of rotatable bonds is 8. The summed E-state index contributed by atoms with van der Waals surface area (Å²) in [7, 11) is 3.98. The lowest BCUT2D eigenvalue weighted by Crippen LogP contribution is -2.46. The van der Waals surface area contributed by atoms with Crippen molar-refractivity contribution in [1.29, 1.82) is 0 Å². The predicted octanol–water partition coefficient (Wildman–Crippen LogP) is 5.90. The summed E-state index contributed by atoms with van der Waals surface area (Å²) in [5.74, 6) is -1.01. The number of hydrogen-bond donors (Lipinski definition) is 2. The van der Waals surface area contributed by atoms with Gasteiger partial charge in [0.15, 0.2) is 17.3 Å². The number of halogens is 2. The van der Waals surface area contributed by atoms with Crippen LogP contribution < -0.4 is 10.9 Å². The van der Waals surface area contributed by atoms with Crippen LogP contribution in [-0.2, 0) is 22.3 Å². The molecule has 0 radical (unpaired) electrons. The number of fused-ring (bicyclic) bond motifs is 3. The summed E-state index contributed by atoms with van der Waals surface area (Å²) < 4.78 is 18.9. The molecule has 15 heteroatoms. The van der Waals surface area contributed by atoms with Gasteiger partial charge in [0.2, 0.25) is 11.7 Å². The van der Waals surface area contributed by atoms with E-state index in [9.17, 15) is 19.5 Å². The lowest BCUT2D eigenvalue weighted by atomic mass is 9.73. The van der Waals surface area contributed by atoms with Gasteiger partial charge in [-0.25, -0.2) is 14.4 Å². The molecule has 1 aliphatic heterocycles. The molecule has 4 aliphatic rings. The zero-order valence-corrected chi connectivity index (χ0v) is 32.5. The number of piperidine rings is 1. The Bertz CT molecular complexity index is 2520. The number of likely N-dealkylation sites (tertiary alicyclic amines) is 1. The number of benzene rings is 2. The number of hydrogen-bond acceptors (Lipinski definition) is 9. The van der Waals surface area contributed by atoms with Crippen molar-refractivity contribution in [1.82, 2.24) is 38.9 Å². The van der Waals surface area contributed by atoms with E-state index in [1.54, 1.807) is 22.5 Å². The van der Waals surface area contributed by atoms with Gasteiger partial charge >= 0.3 is 0 Å². The molecule has 2 amide bonds. The Labute approximate surface area is 327 Å². The van der Waals surface area contributed by atoms with Crippen LogP contribution in [0.15, 0.2) is 47.5 Å². The zero-order chi connectivity index (χ0) is 39.3. The second-order valence-corrected chi connectivity index (χ2v) is 16.7. The Morgan fingerprint density at radius 2 is 1.82 bits per heavy atom. The summed E-state index contributed by atoms with van der Waals surface area (Å²) in [4.78, 5) is 58.7. The highest BCUT2D eigenvalue weighted by Gasteiger charge is 2.50. The van der Waals surface area contributed by atoms with E-state index in [0.29, 0.717) is 65.9 Å². The third kappa shape index (κ3) is 5.87. The number of carbonyl (C=O) groups excluding carboxylic acids is 2. The summed E-state index contributed by atoms with van der Waals surface area (Å²) in [6.07, 6.45) is 6.90. The highest BCUT2D eigenvalue weighted by Crippen LogP contribution is 2.52. The third-order valence-corrected chi connectivity index (χ3v) is 13.0. The molecule has 9 rings (SSSR count). The van der Waals surface area contributed by atoms with Gasteiger partial charge in [0.1, 0.15) is 18.7 Å². The Morgan fingerprint density at radius 3 is 2.48 bits per heavy atom. The first-order chi connectivity index (χ1) is 26.8. The van der Waals surface area contributed by atoms with Crippen LogP contribution >= 0.6 is 11.6 Å². The summed E-state index contributed by atoms with van der Waals surface area (Å²) in [6, 6.07) is 10.8. The molecule has 4 heterocycles. The molecule has 2 N–H and O–H groups in total. The fraction of sp³-hybridized carbons (Fsp3) is 0.439. The molecular formula is C41H43ClFN9O4.